The number of nitrogens with one attached hydrogen (secondary N) is 1. The summed E-state index contributed by atoms with van der Waals surface area (Å²) in [5.74, 6) is 5.70. The van der Waals surface area contributed by atoms with Crippen LogP contribution in [-0.2, 0) is 19.9 Å². The minimum absolute atomic E-state index is 0.0592. The molecule has 1 unspecified atom stereocenters. The summed E-state index contributed by atoms with van der Waals surface area (Å²) >= 11 is 5.26. The van der Waals surface area contributed by atoms with Crippen molar-refractivity contribution in [1.82, 2.24) is 20.2 Å². The van der Waals surface area contributed by atoms with Gasteiger partial charge in [0.2, 0.25) is 0 Å². The van der Waals surface area contributed by atoms with Gasteiger partial charge >= 0.3 is 0 Å². The van der Waals surface area contributed by atoms with Gasteiger partial charge in [-0.3, -0.25) is 16.0 Å². The molecule has 19 heavy (non-hydrogen) atoms. The van der Waals surface area contributed by atoms with E-state index >= 15 is 0 Å². The summed E-state index contributed by atoms with van der Waals surface area (Å²) in [7, 11) is 1.96. The lowest BCUT2D eigenvalue weighted by Crippen LogP contribution is -2.30. The van der Waals surface area contributed by atoms with Crippen molar-refractivity contribution in [3.8, 4) is 0 Å². The SMILES string of the molecule is CCc1nn(C)c(CC(NN)c2scnc2C)c1Br. The van der Waals surface area contributed by atoms with Gasteiger partial charge in [0, 0.05) is 18.3 Å². The van der Waals surface area contributed by atoms with E-state index in [-0.39, 0.29) is 6.04 Å². The summed E-state index contributed by atoms with van der Waals surface area (Å²) in [5, 5.41) is 4.51. The maximum atomic E-state index is 5.70. The predicted octanol–water partition coefficient (Wildman–Crippen LogP) is 2.26. The molecule has 2 aromatic heterocycles. The van der Waals surface area contributed by atoms with Crippen molar-refractivity contribution in [2.45, 2.75) is 32.7 Å². The highest BCUT2D eigenvalue weighted by atomic mass is 79.9. The van der Waals surface area contributed by atoms with Crippen molar-refractivity contribution in [2.75, 3.05) is 0 Å². The number of nitrogens with zero attached hydrogens (tertiary/aromatic N) is 3. The lowest BCUT2D eigenvalue weighted by Gasteiger charge is -2.15. The molecule has 0 bridgehead atoms. The van der Waals surface area contributed by atoms with Gasteiger partial charge in [0.25, 0.3) is 0 Å². The Balaban J connectivity index is 2.29. The molecule has 2 heterocycles. The number of halogens is 1. The van der Waals surface area contributed by atoms with Crippen molar-refractivity contribution in [3.63, 3.8) is 0 Å². The summed E-state index contributed by atoms with van der Waals surface area (Å²) in [6.07, 6.45) is 1.69. The van der Waals surface area contributed by atoms with Crippen LogP contribution in [0.3, 0.4) is 0 Å². The van der Waals surface area contributed by atoms with Crippen molar-refractivity contribution < 1.29 is 0 Å². The van der Waals surface area contributed by atoms with Crippen LogP contribution < -0.4 is 11.3 Å². The molecule has 0 aliphatic rings. The molecule has 0 amide bonds. The van der Waals surface area contributed by atoms with Gasteiger partial charge in [0.05, 0.1) is 33.1 Å². The monoisotopic (exact) mass is 343 g/mol. The minimum Gasteiger partial charge on any atom is -0.271 e. The van der Waals surface area contributed by atoms with E-state index in [0.29, 0.717) is 0 Å². The molecule has 5 nitrogen and oxygen atoms in total. The Morgan fingerprint density at radius 2 is 2.32 bits per heavy atom. The second-order valence-corrected chi connectivity index (χ2v) is 6.09. The van der Waals surface area contributed by atoms with Crippen molar-refractivity contribution >= 4 is 27.3 Å². The molecule has 3 N–H and O–H groups in total. The number of aryl methyl sites for hydroxylation is 3. The first-order chi connectivity index (χ1) is 9.08. The van der Waals surface area contributed by atoms with E-state index in [1.807, 2.05) is 24.2 Å². The normalized spacial score (nSPS) is 12.9. The zero-order chi connectivity index (χ0) is 14.0. The van der Waals surface area contributed by atoms with Gasteiger partial charge in [0.1, 0.15) is 0 Å². The Morgan fingerprint density at radius 3 is 2.79 bits per heavy atom. The highest BCUT2D eigenvalue weighted by Gasteiger charge is 2.20. The van der Waals surface area contributed by atoms with Gasteiger partial charge in [-0.05, 0) is 29.3 Å². The highest BCUT2D eigenvalue weighted by molar-refractivity contribution is 9.10. The minimum atomic E-state index is 0.0592. The maximum absolute atomic E-state index is 5.70. The lowest BCUT2D eigenvalue weighted by atomic mass is 10.1. The molecule has 0 saturated heterocycles. The topological polar surface area (TPSA) is 68.8 Å². The fraction of sp³-hybridized carbons (Fsp3) is 0.500. The Kier molecular flexibility index (Phi) is 4.72. The van der Waals surface area contributed by atoms with Crippen molar-refractivity contribution in [2.24, 2.45) is 12.9 Å². The van der Waals surface area contributed by atoms with Crippen molar-refractivity contribution in [3.05, 3.63) is 31.9 Å². The Labute approximate surface area is 125 Å². The molecule has 0 saturated carbocycles. The summed E-state index contributed by atoms with van der Waals surface area (Å²) in [4.78, 5) is 5.46. The van der Waals surface area contributed by atoms with Crippen LogP contribution in [0.1, 0.15) is 34.9 Å². The summed E-state index contributed by atoms with van der Waals surface area (Å²) < 4.78 is 3.00. The molecule has 104 valence electrons. The molecule has 1 atom stereocenters. The molecular weight excluding hydrogens is 326 g/mol. The van der Waals surface area contributed by atoms with Gasteiger partial charge in [0.15, 0.2) is 0 Å². The Hall–Kier alpha value is -0.760. The molecule has 0 aliphatic heterocycles. The number of hydrazine groups is 1. The summed E-state index contributed by atoms with van der Waals surface area (Å²) in [6.45, 7) is 4.11. The molecule has 7 heteroatoms. The smallest absolute Gasteiger partial charge is 0.0798 e. The largest absolute Gasteiger partial charge is 0.271 e. The molecule has 0 aliphatic carbocycles. The number of hydrogen-bond donors (Lipinski definition) is 2. The van der Waals surface area contributed by atoms with Crippen LogP contribution >= 0.6 is 27.3 Å². The first kappa shape index (κ1) is 14.6. The second-order valence-electron chi connectivity index (χ2n) is 4.41. The summed E-state index contributed by atoms with van der Waals surface area (Å²) in [5.41, 5.74) is 7.99. The lowest BCUT2D eigenvalue weighted by molar-refractivity contribution is 0.533. The fourth-order valence-electron chi connectivity index (χ4n) is 2.11. The second kappa shape index (κ2) is 6.13. The van der Waals surface area contributed by atoms with E-state index in [2.05, 4.69) is 38.4 Å². The number of aromatic nitrogens is 3. The summed E-state index contributed by atoms with van der Waals surface area (Å²) in [6, 6.07) is 0.0592. The number of hydrogen-bond acceptors (Lipinski definition) is 5. The molecular formula is C12H18BrN5S. The highest BCUT2D eigenvalue weighted by Crippen LogP contribution is 2.29. The third-order valence-electron chi connectivity index (χ3n) is 3.20. The van der Waals surface area contributed by atoms with Crippen LogP contribution in [0.15, 0.2) is 9.98 Å². The van der Waals surface area contributed by atoms with Gasteiger partial charge < -0.3 is 0 Å². The van der Waals surface area contributed by atoms with E-state index in [9.17, 15) is 0 Å². The molecule has 0 radical (unpaired) electrons. The zero-order valence-corrected chi connectivity index (χ0v) is 13.7. The van der Waals surface area contributed by atoms with Crippen LogP contribution in [0.4, 0.5) is 0 Å². The first-order valence-corrected chi connectivity index (χ1v) is 7.82. The third-order valence-corrected chi connectivity index (χ3v) is 5.16. The standard InChI is InChI=1S/C12H18BrN5S/c1-4-8-11(13)10(18(3)17-8)5-9(16-14)12-7(2)15-6-19-12/h6,9,16H,4-5,14H2,1-3H3. The third kappa shape index (κ3) is 2.89. The van der Waals surface area contributed by atoms with E-state index in [4.69, 9.17) is 5.84 Å². The van der Waals surface area contributed by atoms with Crippen LogP contribution in [0.5, 0.6) is 0 Å². The van der Waals surface area contributed by atoms with Crippen LogP contribution in [0.2, 0.25) is 0 Å². The first-order valence-electron chi connectivity index (χ1n) is 6.14. The number of nitrogens with two attached hydrogens (primary N) is 1. The quantitative estimate of drug-likeness (QED) is 0.645. The van der Waals surface area contributed by atoms with E-state index in [0.717, 1.165) is 34.4 Å². The van der Waals surface area contributed by atoms with Gasteiger partial charge in [-0.25, -0.2) is 4.98 Å². The Bertz CT molecular complexity index is 562. The van der Waals surface area contributed by atoms with E-state index in [1.165, 1.54) is 4.88 Å². The fourth-order valence-corrected chi connectivity index (χ4v) is 3.75. The van der Waals surface area contributed by atoms with E-state index in [1.54, 1.807) is 11.3 Å². The van der Waals surface area contributed by atoms with Gasteiger partial charge in [-0.2, -0.15) is 5.10 Å². The average Bonchev–Trinajstić information content (AvgIpc) is 2.93. The molecule has 0 fully saturated rings. The molecule has 0 spiro atoms. The predicted molar refractivity (Wildman–Crippen MR) is 80.9 cm³/mol. The van der Waals surface area contributed by atoms with Crippen LogP contribution in [0, 0.1) is 6.92 Å². The molecule has 2 rings (SSSR count). The Morgan fingerprint density at radius 1 is 1.58 bits per heavy atom. The number of thiazole rings is 1. The van der Waals surface area contributed by atoms with Gasteiger partial charge in [-0.15, -0.1) is 11.3 Å². The van der Waals surface area contributed by atoms with Crippen LogP contribution in [0.25, 0.3) is 0 Å². The van der Waals surface area contributed by atoms with E-state index < -0.39 is 0 Å². The van der Waals surface area contributed by atoms with Crippen molar-refractivity contribution in [1.29, 1.82) is 0 Å². The molecule has 0 aromatic carbocycles. The zero-order valence-electron chi connectivity index (χ0n) is 11.3. The average molecular weight is 344 g/mol. The van der Waals surface area contributed by atoms with Gasteiger partial charge in [-0.1, -0.05) is 6.92 Å². The maximum Gasteiger partial charge on any atom is 0.0798 e. The molecule has 2 aromatic rings. The van der Waals surface area contributed by atoms with Crippen LogP contribution in [-0.4, -0.2) is 14.8 Å². The number of rotatable bonds is 5.